The molecule has 0 atom stereocenters. The van der Waals surface area contributed by atoms with Crippen LogP contribution in [0.4, 0.5) is 0 Å². The summed E-state index contributed by atoms with van der Waals surface area (Å²) in [6.45, 7) is -0.256. The summed E-state index contributed by atoms with van der Waals surface area (Å²) in [6.07, 6.45) is 3.48. The van der Waals surface area contributed by atoms with E-state index in [0.29, 0.717) is 22.6 Å². The summed E-state index contributed by atoms with van der Waals surface area (Å²) < 4.78 is 35.5. The number of aliphatic hydroxyl groups is 1. The van der Waals surface area contributed by atoms with Crippen molar-refractivity contribution >= 4 is 25.9 Å². The number of esters is 1. The highest BCUT2D eigenvalue weighted by molar-refractivity contribution is 7.46. The van der Waals surface area contributed by atoms with Gasteiger partial charge < -0.3 is 34.3 Å². The predicted octanol–water partition coefficient (Wildman–Crippen LogP) is 1.96. The Labute approximate surface area is 191 Å². The van der Waals surface area contributed by atoms with Crippen molar-refractivity contribution < 1.29 is 47.7 Å². The maximum Gasteiger partial charge on any atom is 0.524 e. The lowest BCUT2D eigenvalue weighted by Crippen LogP contribution is -2.14. The maximum atomic E-state index is 11.1. The normalized spacial score (nSPS) is 10.8. The van der Waals surface area contributed by atoms with Crippen LogP contribution >= 0.6 is 7.82 Å². The van der Waals surface area contributed by atoms with Crippen molar-refractivity contribution in [2.75, 3.05) is 35.0 Å². The van der Waals surface area contributed by atoms with Crippen LogP contribution in [-0.4, -0.2) is 55.8 Å². The Bertz CT molecular complexity index is 972. The van der Waals surface area contributed by atoms with Gasteiger partial charge in [-0.1, -0.05) is 18.2 Å². The Hall–Kier alpha value is -3.08. The summed E-state index contributed by atoms with van der Waals surface area (Å²) in [7, 11) is 0.952. The Morgan fingerprint density at radius 1 is 0.909 bits per heavy atom. The number of ether oxygens (including phenoxy) is 4. The van der Waals surface area contributed by atoms with Crippen molar-refractivity contribution in [3.05, 3.63) is 47.0 Å². The van der Waals surface area contributed by atoms with Crippen LogP contribution in [0, 0.1) is 0 Å². The third-order valence-corrected chi connectivity index (χ3v) is 4.49. The SMILES string of the molecule is COC(=O)CN.COc1ccc(/C=C\c2cc(OC)c(CO)c(OC)c2)cc1OP(=O)(O)O. The van der Waals surface area contributed by atoms with E-state index in [4.69, 9.17) is 29.7 Å². The highest BCUT2D eigenvalue weighted by atomic mass is 31.2. The zero-order valence-corrected chi connectivity index (χ0v) is 19.6. The molecule has 2 aromatic rings. The van der Waals surface area contributed by atoms with E-state index in [0.717, 1.165) is 5.56 Å². The van der Waals surface area contributed by atoms with Crippen LogP contribution < -0.4 is 24.5 Å². The zero-order valence-electron chi connectivity index (χ0n) is 18.7. The molecular formula is C21H28NO10P. The zero-order chi connectivity index (χ0) is 25.0. The molecule has 5 N–H and O–H groups in total. The molecule has 0 radical (unpaired) electrons. The van der Waals surface area contributed by atoms with Gasteiger partial charge in [-0.05, 0) is 35.4 Å². The number of hydrogen-bond acceptors (Lipinski definition) is 9. The monoisotopic (exact) mass is 485 g/mol. The molecule has 0 aliphatic carbocycles. The third-order valence-electron chi connectivity index (χ3n) is 4.06. The molecule has 0 heterocycles. The lowest BCUT2D eigenvalue weighted by molar-refractivity contribution is -0.138. The molecule has 0 aliphatic heterocycles. The van der Waals surface area contributed by atoms with Crippen LogP contribution in [0.25, 0.3) is 12.2 Å². The van der Waals surface area contributed by atoms with E-state index in [1.165, 1.54) is 34.5 Å². The van der Waals surface area contributed by atoms with Crippen molar-refractivity contribution in [1.82, 2.24) is 0 Å². The summed E-state index contributed by atoms with van der Waals surface area (Å²) in [5, 5.41) is 9.47. The van der Waals surface area contributed by atoms with Gasteiger partial charge in [-0.15, -0.1) is 0 Å². The quantitative estimate of drug-likeness (QED) is 0.233. The number of hydrogen-bond donors (Lipinski definition) is 4. The van der Waals surface area contributed by atoms with Crippen LogP contribution in [-0.2, 0) is 20.7 Å². The Morgan fingerprint density at radius 3 is 1.82 bits per heavy atom. The van der Waals surface area contributed by atoms with E-state index in [1.54, 1.807) is 36.4 Å². The minimum Gasteiger partial charge on any atom is -0.496 e. The molecule has 0 fully saturated rings. The second-order valence-electron chi connectivity index (χ2n) is 6.17. The number of benzene rings is 2. The number of phosphoric acid groups is 1. The number of aliphatic hydroxyl groups excluding tert-OH is 1. The first-order chi connectivity index (χ1) is 15.6. The molecule has 0 aliphatic rings. The van der Waals surface area contributed by atoms with Gasteiger partial charge in [-0.3, -0.25) is 14.6 Å². The van der Waals surface area contributed by atoms with E-state index in [-0.39, 0.29) is 30.6 Å². The van der Waals surface area contributed by atoms with Crippen molar-refractivity contribution in [3.63, 3.8) is 0 Å². The van der Waals surface area contributed by atoms with Gasteiger partial charge in [0, 0.05) is 0 Å². The Balaban J connectivity index is 0.000000801. The smallest absolute Gasteiger partial charge is 0.496 e. The molecular weight excluding hydrogens is 457 g/mol. The minimum atomic E-state index is -4.72. The number of nitrogens with two attached hydrogens (primary N) is 1. The number of carbonyl (C=O) groups excluding carboxylic acids is 1. The average molecular weight is 485 g/mol. The van der Waals surface area contributed by atoms with Crippen LogP contribution in [0.1, 0.15) is 16.7 Å². The van der Waals surface area contributed by atoms with Crippen LogP contribution in [0.2, 0.25) is 0 Å². The molecule has 12 heteroatoms. The van der Waals surface area contributed by atoms with E-state index in [1.807, 2.05) is 0 Å². The lowest BCUT2D eigenvalue weighted by Gasteiger charge is -2.13. The Kier molecular flexibility index (Phi) is 11.4. The number of rotatable bonds is 9. The van der Waals surface area contributed by atoms with E-state index >= 15 is 0 Å². The van der Waals surface area contributed by atoms with Gasteiger partial charge in [-0.2, -0.15) is 0 Å². The first kappa shape index (κ1) is 28.0. The van der Waals surface area contributed by atoms with Crippen molar-refractivity contribution in [1.29, 1.82) is 0 Å². The fourth-order valence-corrected chi connectivity index (χ4v) is 2.93. The first-order valence-corrected chi connectivity index (χ1v) is 10.9. The molecule has 33 heavy (non-hydrogen) atoms. The summed E-state index contributed by atoms with van der Waals surface area (Å²) >= 11 is 0. The third kappa shape index (κ3) is 9.13. The summed E-state index contributed by atoms with van der Waals surface area (Å²) in [5.41, 5.74) is 6.72. The molecule has 0 spiro atoms. The fraction of sp³-hybridized carbons (Fsp3) is 0.286. The van der Waals surface area contributed by atoms with Gasteiger partial charge in [0.25, 0.3) is 0 Å². The number of phosphoric ester groups is 1. The van der Waals surface area contributed by atoms with Crippen molar-refractivity contribution in [2.24, 2.45) is 5.73 Å². The van der Waals surface area contributed by atoms with Gasteiger partial charge in [0.2, 0.25) is 0 Å². The topological polar surface area (TPSA) is 167 Å². The molecule has 2 rings (SSSR count). The molecule has 2 aromatic carbocycles. The molecule has 0 unspecified atom stereocenters. The predicted molar refractivity (Wildman–Crippen MR) is 121 cm³/mol. The van der Waals surface area contributed by atoms with Crippen LogP contribution in [0.15, 0.2) is 30.3 Å². The molecule has 0 saturated carbocycles. The van der Waals surface area contributed by atoms with Crippen LogP contribution in [0.5, 0.6) is 23.0 Å². The van der Waals surface area contributed by atoms with Gasteiger partial charge in [0.05, 0.1) is 47.2 Å². The molecule has 0 saturated heterocycles. The second kappa shape index (κ2) is 13.5. The average Bonchev–Trinajstić information content (AvgIpc) is 2.80. The molecule has 0 bridgehead atoms. The van der Waals surface area contributed by atoms with Crippen molar-refractivity contribution in [2.45, 2.75) is 6.61 Å². The standard InChI is InChI=1S/C18H21O8P.C3H7NO2/c1-23-15-7-6-12(8-18(15)26-27(20,21)22)4-5-13-9-16(24-2)14(11-19)17(10-13)25-3;1-6-3(5)2-4/h4-10,19H,11H2,1-3H3,(H2,20,21,22);2,4H2,1H3/b5-4-;. The highest BCUT2D eigenvalue weighted by Crippen LogP contribution is 2.42. The van der Waals surface area contributed by atoms with Gasteiger partial charge in [-0.25, -0.2) is 4.57 Å². The van der Waals surface area contributed by atoms with E-state index < -0.39 is 7.82 Å². The fourth-order valence-electron chi connectivity index (χ4n) is 2.53. The lowest BCUT2D eigenvalue weighted by atomic mass is 10.1. The number of methoxy groups -OCH3 is 4. The van der Waals surface area contributed by atoms with Gasteiger partial charge in [0.15, 0.2) is 11.5 Å². The molecule has 11 nitrogen and oxygen atoms in total. The van der Waals surface area contributed by atoms with E-state index in [9.17, 15) is 14.5 Å². The second-order valence-corrected chi connectivity index (χ2v) is 7.33. The number of carbonyl (C=O) groups is 1. The largest absolute Gasteiger partial charge is 0.524 e. The summed E-state index contributed by atoms with van der Waals surface area (Å²) in [5.74, 6) is 0.716. The van der Waals surface area contributed by atoms with Gasteiger partial charge >= 0.3 is 13.8 Å². The molecule has 0 amide bonds. The molecule has 0 aromatic heterocycles. The van der Waals surface area contributed by atoms with E-state index in [2.05, 4.69) is 9.26 Å². The summed E-state index contributed by atoms with van der Waals surface area (Å²) in [6, 6.07) is 8.17. The van der Waals surface area contributed by atoms with Crippen molar-refractivity contribution in [3.8, 4) is 23.0 Å². The summed E-state index contributed by atoms with van der Waals surface area (Å²) in [4.78, 5) is 27.9. The van der Waals surface area contributed by atoms with Crippen LogP contribution in [0.3, 0.4) is 0 Å². The Morgan fingerprint density at radius 2 is 1.42 bits per heavy atom. The molecule has 182 valence electrons. The highest BCUT2D eigenvalue weighted by Gasteiger charge is 2.19. The first-order valence-electron chi connectivity index (χ1n) is 9.36. The minimum absolute atomic E-state index is 0.0312. The maximum absolute atomic E-state index is 11.1. The van der Waals surface area contributed by atoms with Gasteiger partial charge in [0.1, 0.15) is 11.5 Å².